The maximum atomic E-state index is 12.5. The van der Waals surface area contributed by atoms with Crippen LogP contribution in [0, 0.1) is 6.92 Å². The number of benzene rings is 1. The number of hydrogen-bond acceptors (Lipinski definition) is 5. The molecule has 0 radical (unpaired) electrons. The van der Waals surface area contributed by atoms with Crippen LogP contribution < -0.4 is 15.2 Å². The van der Waals surface area contributed by atoms with Gasteiger partial charge in [0.2, 0.25) is 0 Å². The van der Waals surface area contributed by atoms with Gasteiger partial charge in [-0.15, -0.1) is 13.2 Å². The van der Waals surface area contributed by atoms with Crippen LogP contribution in [0.15, 0.2) is 34.5 Å². The monoisotopic (exact) mass is 487 g/mol. The molecule has 2 N–H and O–H groups in total. The molecule has 1 unspecified atom stereocenters. The quantitative estimate of drug-likeness (QED) is 0.445. The normalized spacial score (nSPS) is 12.4. The Kier molecular flexibility index (Phi) is 8.25. The molecule has 0 aliphatic carbocycles. The molecule has 0 saturated heterocycles. The van der Waals surface area contributed by atoms with Crippen LogP contribution in [0.4, 0.5) is 13.2 Å². The smallest absolute Gasteiger partial charge is 0.496 e. The molecule has 0 spiro atoms. The Morgan fingerprint density at radius 1 is 1.23 bits per heavy atom. The first-order chi connectivity index (χ1) is 14.1. The molecule has 164 valence electrons. The van der Waals surface area contributed by atoms with Crippen molar-refractivity contribution in [2.45, 2.75) is 52.4 Å². The highest BCUT2D eigenvalue weighted by Gasteiger charge is 2.31. The van der Waals surface area contributed by atoms with Crippen molar-refractivity contribution in [1.29, 1.82) is 0 Å². The first-order valence-electron chi connectivity index (χ1n) is 9.51. The van der Waals surface area contributed by atoms with Gasteiger partial charge < -0.3 is 15.2 Å². The lowest BCUT2D eigenvalue weighted by Gasteiger charge is -2.17. The van der Waals surface area contributed by atoms with E-state index >= 15 is 0 Å². The Hall–Kier alpha value is -2.13. The van der Waals surface area contributed by atoms with Gasteiger partial charge in [-0.3, -0.25) is 0 Å². The number of nitrogens with zero attached hydrogens (tertiary/aromatic N) is 2. The van der Waals surface area contributed by atoms with Crippen LogP contribution in [0.2, 0.25) is 0 Å². The van der Waals surface area contributed by atoms with Crippen molar-refractivity contribution in [3.63, 3.8) is 0 Å². The zero-order valence-corrected chi connectivity index (χ0v) is 18.9. The zero-order valence-electron chi connectivity index (χ0n) is 17.3. The van der Waals surface area contributed by atoms with Crippen molar-refractivity contribution in [3.8, 4) is 22.8 Å². The first-order valence-corrected chi connectivity index (χ1v) is 10.3. The Morgan fingerprint density at radius 3 is 2.47 bits per heavy atom. The lowest BCUT2D eigenvalue weighted by molar-refractivity contribution is -0.274. The third-order valence-corrected chi connectivity index (χ3v) is 5.22. The number of ether oxygens (including phenoxy) is 2. The van der Waals surface area contributed by atoms with Crippen molar-refractivity contribution in [2.75, 3.05) is 7.11 Å². The molecule has 2 aromatic rings. The van der Waals surface area contributed by atoms with Crippen molar-refractivity contribution >= 4 is 15.9 Å². The first kappa shape index (κ1) is 24.1. The van der Waals surface area contributed by atoms with E-state index in [9.17, 15) is 13.2 Å². The lowest BCUT2D eigenvalue weighted by atomic mass is 10.0. The van der Waals surface area contributed by atoms with Crippen LogP contribution in [0.25, 0.3) is 11.3 Å². The van der Waals surface area contributed by atoms with Gasteiger partial charge in [-0.25, -0.2) is 9.97 Å². The fourth-order valence-electron chi connectivity index (χ4n) is 3.00. The molecule has 9 heteroatoms. The van der Waals surface area contributed by atoms with E-state index in [0.717, 1.165) is 12.8 Å². The number of methoxy groups -OCH3 is 1. The summed E-state index contributed by atoms with van der Waals surface area (Å²) in [5.74, 6) is -0.185. The summed E-state index contributed by atoms with van der Waals surface area (Å²) in [6.07, 6.45) is -0.162. The van der Waals surface area contributed by atoms with Crippen LogP contribution in [0.3, 0.4) is 0 Å². The van der Waals surface area contributed by atoms with E-state index in [1.54, 1.807) is 6.92 Å². The third kappa shape index (κ3) is 6.18. The van der Waals surface area contributed by atoms with Gasteiger partial charge >= 0.3 is 6.36 Å². The summed E-state index contributed by atoms with van der Waals surface area (Å²) >= 11 is 3.43. The molecule has 2 rings (SSSR count). The molecule has 1 heterocycles. The topological polar surface area (TPSA) is 70.3 Å². The molecule has 30 heavy (non-hydrogen) atoms. The number of halogens is 4. The highest BCUT2D eigenvalue weighted by Crippen LogP contribution is 2.36. The molecule has 1 aromatic heterocycles. The van der Waals surface area contributed by atoms with Gasteiger partial charge in [0.25, 0.3) is 0 Å². The van der Waals surface area contributed by atoms with Crippen LogP contribution in [-0.2, 0) is 0 Å². The number of aryl methyl sites for hydroxylation is 1. The zero-order chi connectivity index (χ0) is 22.5. The minimum absolute atomic E-state index is 0.190. The van der Waals surface area contributed by atoms with Crippen molar-refractivity contribution in [3.05, 3.63) is 45.8 Å². The Morgan fingerprint density at radius 2 is 1.90 bits per heavy atom. The van der Waals surface area contributed by atoms with E-state index < -0.39 is 12.4 Å². The van der Waals surface area contributed by atoms with E-state index in [1.165, 1.54) is 30.9 Å². The summed E-state index contributed by atoms with van der Waals surface area (Å²) in [7, 11) is 1.37. The predicted octanol–water partition coefficient (Wildman–Crippen LogP) is 6.26. The van der Waals surface area contributed by atoms with Gasteiger partial charge in [0.05, 0.1) is 30.2 Å². The maximum absolute atomic E-state index is 12.5. The van der Waals surface area contributed by atoms with Crippen LogP contribution >= 0.6 is 15.9 Å². The second-order valence-electron chi connectivity index (χ2n) is 6.66. The third-order valence-electron chi connectivity index (χ3n) is 4.63. The molecule has 0 saturated carbocycles. The molecule has 5 nitrogen and oxygen atoms in total. The largest absolute Gasteiger partial charge is 0.573 e. The SMILES string of the molecule is CCC(=CCC(N)c1nc(-c2ccc(OC(F)(F)F)cc2OC)c(C)nc1Br)CC. The summed E-state index contributed by atoms with van der Waals surface area (Å²) in [5.41, 5.74) is 9.80. The Balaban J connectivity index is 2.45. The second-order valence-corrected chi connectivity index (χ2v) is 7.41. The molecule has 0 bridgehead atoms. The Labute approximate surface area is 182 Å². The van der Waals surface area contributed by atoms with Gasteiger partial charge in [0, 0.05) is 11.6 Å². The number of aromatic nitrogens is 2. The maximum Gasteiger partial charge on any atom is 0.573 e. The molecule has 0 amide bonds. The summed E-state index contributed by atoms with van der Waals surface area (Å²) in [6, 6.07) is 3.46. The van der Waals surface area contributed by atoms with Gasteiger partial charge in [0.15, 0.2) is 0 Å². The van der Waals surface area contributed by atoms with Crippen molar-refractivity contribution in [2.24, 2.45) is 5.73 Å². The van der Waals surface area contributed by atoms with Gasteiger partial charge in [-0.1, -0.05) is 25.5 Å². The molecule has 0 aliphatic rings. The van der Waals surface area contributed by atoms with Crippen molar-refractivity contribution < 1.29 is 22.6 Å². The highest BCUT2D eigenvalue weighted by atomic mass is 79.9. The highest BCUT2D eigenvalue weighted by molar-refractivity contribution is 9.10. The lowest BCUT2D eigenvalue weighted by Crippen LogP contribution is -2.17. The second kappa shape index (κ2) is 10.3. The summed E-state index contributed by atoms with van der Waals surface area (Å²) in [4.78, 5) is 9.16. The minimum atomic E-state index is -4.79. The fraction of sp³-hybridized carbons (Fsp3) is 0.429. The van der Waals surface area contributed by atoms with E-state index in [-0.39, 0.29) is 11.5 Å². The van der Waals surface area contributed by atoms with Crippen LogP contribution in [0.5, 0.6) is 11.5 Å². The van der Waals surface area contributed by atoms with Gasteiger partial charge in [-0.05, 0) is 54.2 Å². The number of allylic oxidation sites excluding steroid dienone is 1. The van der Waals surface area contributed by atoms with Gasteiger partial charge in [-0.2, -0.15) is 0 Å². The van der Waals surface area contributed by atoms with Crippen molar-refractivity contribution in [1.82, 2.24) is 9.97 Å². The van der Waals surface area contributed by atoms with E-state index in [1.807, 2.05) is 0 Å². The molecule has 0 fully saturated rings. The van der Waals surface area contributed by atoms with Gasteiger partial charge in [0.1, 0.15) is 16.1 Å². The predicted molar refractivity (Wildman–Crippen MR) is 113 cm³/mol. The van der Waals surface area contributed by atoms with E-state index in [0.29, 0.717) is 33.7 Å². The summed E-state index contributed by atoms with van der Waals surface area (Å²) in [6.45, 7) is 5.95. The molecular weight excluding hydrogens is 463 g/mol. The average molecular weight is 488 g/mol. The number of nitrogens with two attached hydrogens (primary N) is 1. The molecule has 0 aliphatic heterocycles. The minimum Gasteiger partial charge on any atom is -0.496 e. The standard InChI is InChI=1S/C21H25BrF3N3O2/c1-5-13(6-2)7-10-16(26)19-20(22)27-12(3)18(28-19)15-9-8-14(11-17(15)29-4)30-21(23,24)25/h7-9,11,16H,5-6,10,26H2,1-4H3. The van der Waals surface area contributed by atoms with Crippen LogP contribution in [-0.4, -0.2) is 23.4 Å². The average Bonchev–Trinajstić information content (AvgIpc) is 2.67. The van der Waals surface area contributed by atoms with E-state index in [2.05, 4.69) is 50.6 Å². The van der Waals surface area contributed by atoms with Crippen LogP contribution in [0.1, 0.15) is 50.5 Å². The summed E-state index contributed by atoms with van der Waals surface area (Å²) < 4.78 is 47.4. The molecule has 1 atom stereocenters. The number of hydrogen-bond donors (Lipinski definition) is 1. The molecular formula is C21H25BrF3N3O2. The number of alkyl halides is 3. The van der Waals surface area contributed by atoms with E-state index in [4.69, 9.17) is 10.5 Å². The fourth-order valence-corrected chi connectivity index (χ4v) is 3.65. The molecule has 1 aromatic carbocycles. The summed E-state index contributed by atoms with van der Waals surface area (Å²) in [5, 5.41) is 0. The number of rotatable bonds is 8. The Bertz CT molecular complexity index is 911.